The van der Waals surface area contributed by atoms with Crippen LogP contribution in [0.2, 0.25) is 0 Å². The third-order valence-electron chi connectivity index (χ3n) is 3.52. The van der Waals surface area contributed by atoms with Crippen molar-refractivity contribution >= 4 is 17.8 Å². The van der Waals surface area contributed by atoms with E-state index in [-0.39, 0.29) is 30.2 Å². The fraction of sp³-hybridized carbons (Fsp3) is 0.500. The molecule has 1 aliphatic carbocycles. The lowest BCUT2D eigenvalue weighted by Crippen LogP contribution is -2.38. The summed E-state index contributed by atoms with van der Waals surface area (Å²) >= 11 is 0. The Hall–Kier alpha value is -1.91. The number of rotatable bonds is 4. The maximum Gasteiger partial charge on any atom is 0.330 e. The van der Waals surface area contributed by atoms with E-state index >= 15 is 0 Å². The molecule has 2 rings (SSSR count). The van der Waals surface area contributed by atoms with Gasteiger partial charge in [0.05, 0.1) is 18.4 Å². The minimum Gasteiger partial charge on any atom is -0.458 e. The highest BCUT2D eigenvalue weighted by Gasteiger charge is 2.47. The molecule has 0 bridgehead atoms. The molecule has 1 aliphatic heterocycles. The van der Waals surface area contributed by atoms with Gasteiger partial charge in [0.25, 0.3) is 0 Å². The van der Waals surface area contributed by atoms with Crippen molar-refractivity contribution in [1.29, 1.82) is 0 Å². The summed E-state index contributed by atoms with van der Waals surface area (Å²) in [6, 6.07) is 0. The normalized spacial score (nSPS) is 27.1. The van der Waals surface area contributed by atoms with Gasteiger partial charge >= 0.3 is 5.97 Å². The van der Waals surface area contributed by atoms with Crippen molar-refractivity contribution in [3.8, 4) is 0 Å². The Kier molecular flexibility index (Phi) is 3.83. The topological polar surface area (TPSA) is 63.7 Å². The molecule has 1 saturated heterocycles. The van der Waals surface area contributed by atoms with E-state index in [9.17, 15) is 14.4 Å². The molecule has 0 aromatic carbocycles. The predicted molar refractivity (Wildman–Crippen MR) is 67.8 cm³/mol. The van der Waals surface area contributed by atoms with E-state index in [1.54, 1.807) is 6.92 Å². The highest BCUT2D eigenvalue weighted by molar-refractivity contribution is 6.05. The molecule has 1 heterocycles. The van der Waals surface area contributed by atoms with Crippen molar-refractivity contribution < 1.29 is 19.1 Å². The van der Waals surface area contributed by atoms with Gasteiger partial charge in [0.1, 0.15) is 6.10 Å². The molecule has 5 heteroatoms. The number of hydrogen-bond acceptors (Lipinski definition) is 4. The molecule has 2 amide bonds. The maximum absolute atomic E-state index is 12.2. The number of likely N-dealkylation sites (tertiary alicyclic amines) is 1. The molecule has 0 radical (unpaired) electrons. The molecule has 19 heavy (non-hydrogen) atoms. The number of carbonyl (C=O) groups excluding carboxylic acids is 3. The highest BCUT2D eigenvalue weighted by Crippen LogP contribution is 2.35. The lowest BCUT2D eigenvalue weighted by Gasteiger charge is -2.19. The Balaban J connectivity index is 2.01. The summed E-state index contributed by atoms with van der Waals surface area (Å²) in [5, 5.41) is 0. The van der Waals surface area contributed by atoms with E-state index in [1.807, 2.05) is 12.2 Å². The molecular formula is C14H17NO4. The number of amides is 2. The van der Waals surface area contributed by atoms with E-state index < -0.39 is 12.1 Å². The van der Waals surface area contributed by atoms with Crippen molar-refractivity contribution in [1.82, 2.24) is 4.90 Å². The number of nitrogens with zero attached hydrogens (tertiary/aromatic N) is 1. The van der Waals surface area contributed by atoms with Gasteiger partial charge in [-0.3, -0.25) is 14.5 Å². The largest absolute Gasteiger partial charge is 0.458 e. The Morgan fingerprint density at radius 3 is 2.42 bits per heavy atom. The minimum atomic E-state index is -0.550. The van der Waals surface area contributed by atoms with Crippen LogP contribution in [0.15, 0.2) is 24.8 Å². The molecular weight excluding hydrogens is 246 g/mol. The van der Waals surface area contributed by atoms with Crippen LogP contribution < -0.4 is 0 Å². The van der Waals surface area contributed by atoms with Crippen LogP contribution in [0.3, 0.4) is 0 Å². The van der Waals surface area contributed by atoms with Crippen molar-refractivity contribution in [2.24, 2.45) is 11.8 Å². The fourth-order valence-electron chi connectivity index (χ4n) is 2.59. The van der Waals surface area contributed by atoms with Crippen LogP contribution in [-0.4, -0.2) is 35.3 Å². The predicted octanol–water partition coefficient (Wildman–Crippen LogP) is 1.06. The lowest BCUT2D eigenvalue weighted by molar-refractivity contribution is -0.149. The molecule has 5 nitrogen and oxygen atoms in total. The molecule has 0 N–H and O–H groups in total. The number of fused-ring (bicyclic) bond motifs is 1. The number of carbonyl (C=O) groups is 3. The third-order valence-corrected chi connectivity index (χ3v) is 3.52. The van der Waals surface area contributed by atoms with E-state index in [0.717, 1.165) is 6.08 Å². The smallest absolute Gasteiger partial charge is 0.330 e. The van der Waals surface area contributed by atoms with Crippen molar-refractivity contribution in [3.63, 3.8) is 0 Å². The van der Waals surface area contributed by atoms with Gasteiger partial charge in [-0.2, -0.15) is 0 Å². The van der Waals surface area contributed by atoms with Crippen LogP contribution >= 0.6 is 0 Å². The Morgan fingerprint density at radius 1 is 1.42 bits per heavy atom. The van der Waals surface area contributed by atoms with Crippen LogP contribution in [0, 0.1) is 11.8 Å². The molecule has 0 aromatic heterocycles. The van der Waals surface area contributed by atoms with Crippen LogP contribution in [-0.2, 0) is 19.1 Å². The monoisotopic (exact) mass is 263 g/mol. The number of allylic oxidation sites excluding steroid dienone is 2. The van der Waals surface area contributed by atoms with E-state index in [2.05, 4.69) is 6.58 Å². The highest BCUT2D eigenvalue weighted by atomic mass is 16.5. The molecule has 0 saturated carbocycles. The number of ether oxygens (including phenoxy) is 1. The van der Waals surface area contributed by atoms with Gasteiger partial charge in [0, 0.05) is 6.08 Å². The third kappa shape index (κ3) is 2.59. The zero-order valence-corrected chi connectivity index (χ0v) is 10.9. The van der Waals surface area contributed by atoms with E-state index in [1.165, 1.54) is 4.90 Å². The van der Waals surface area contributed by atoms with Gasteiger partial charge in [-0.05, 0) is 19.8 Å². The fourth-order valence-corrected chi connectivity index (χ4v) is 2.59. The molecule has 0 spiro atoms. The molecule has 3 unspecified atom stereocenters. The van der Waals surface area contributed by atoms with Gasteiger partial charge in [0.2, 0.25) is 11.8 Å². The average Bonchev–Trinajstić information content (AvgIpc) is 2.64. The van der Waals surface area contributed by atoms with E-state index in [4.69, 9.17) is 4.74 Å². The summed E-state index contributed by atoms with van der Waals surface area (Å²) in [4.78, 5) is 36.6. The summed E-state index contributed by atoms with van der Waals surface area (Å²) in [6.45, 7) is 5.07. The van der Waals surface area contributed by atoms with Crippen molar-refractivity contribution in [2.75, 3.05) is 6.54 Å². The van der Waals surface area contributed by atoms with Crippen LogP contribution in [0.25, 0.3) is 0 Å². The van der Waals surface area contributed by atoms with Crippen LogP contribution in [0.1, 0.15) is 19.8 Å². The van der Waals surface area contributed by atoms with Gasteiger partial charge in [-0.25, -0.2) is 4.79 Å². The standard InChI is InChI=1S/C14H17NO4/c1-3-12(16)19-9(2)8-15-13(17)10-6-4-5-7-11(10)14(15)18/h3-5,9-11H,1,6-8H2,2H3. The lowest BCUT2D eigenvalue weighted by atomic mass is 9.85. The molecule has 102 valence electrons. The quantitative estimate of drug-likeness (QED) is 0.329. The maximum atomic E-state index is 12.2. The molecule has 0 aromatic rings. The van der Waals surface area contributed by atoms with Gasteiger partial charge < -0.3 is 4.74 Å². The number of esters is 1. The molecule has 3 atom stereocenters. The Bertz CT molecular complexity index is 428. The summed E-state index contributed by atoms with van der Waals surface area (Å²) in [5.41, 5.74) is 0. The first-order valence-corrected chi connectivity index (χ1v) is 6.38. The number of hydrogen-bond donors (Lipinski definition) is 0. The Morgan fingerprint density at radius 2 is 1.95 bits per heavy atom. The van der Waals surface area contributed by atoms with Crippen LogP contribution in [0.4, 0.5) is 0 Å². The number of imide groups is 1. The second-order valence-electron chi connectivity index (χ2n) is 4.89. The summed E-state index contributed by atoms with van der Waals surface area (Å²) in [5.74, 6) is -1.33. The second-order valence-corrected chi connectivity index (χ2v) is 4.89. The minimum absolute atomic E-state index is 0.115. The first kappa shape index (κ1) is 13.5. The molecule has 1 fully saturated rings. The van der Waals surface area contributed by atoms with Crippen molar-refractivity contribution in [3.05, 3.63) is 24.8 Å². The first-order chi connectivity index (χ1) is 9.04. The van der Waals surface area contributed by atoms with Gasteiger partial charge in [-0.15, -0.1) is 0 Å². The zero-order chi connectivity index (χ0) is 14.0. The Labute approximate surface area is 111 Å². The summed E-state index contributed by atoms with van der Waals surface area (Å²) in [6.07, 6.45) is 5.66. The summed E-state index contributed by atoms with van der Waals surface area (Å²) in [7, 11) is 0. The van der Waals surface area contributed by atoms with Crippen LogP contribution in [0.5, 0.6) is 0 Å². The van der Waals surface area contributed by atoms with Crippen molar-refractivity contribution in [2.45, 2.75) is 25.9 Å². The second kappa shape index (κ2) is 5.38. The first-order valence-electron chi connectivity index (χ1n) is 6.38. The average molecular weight is 263 g/mol. The molecule has 2 aliphatic rings. The SMILES string of the molecule is C=CC(=O)OC(C)CN1C(=O)C2CC=CCC2C1=O. The zero-order valence-electron chi connectivity index (χ0n) is 10.9. The van der Waals surface area contributed by atoms with Gasteiger partial charge in [-0.1, -0.05) is 18.7 Å². The van der Waals surface area contributed by atoms with E-state index in [0.29, 0.717) is 12.8 Å². The van der Waals surface area contributed by atoms with Gasteiger partial charge in [0.15, 0.2) is 0 Å². The summed E-state index contributed by atoms with van der Waals surface area (Å²) < 4.78 is 4.99.